The second-order valence-electron chi connectivity index (χ2n) is 6.93. The first-order chi connectivity index (χ1) is 10.2. The van der Waals surface area contributed by atoms with Crippen molar-refractivity contribution in [3.63, 3.8) is 0 Å². The second-order valence-corrected chi connectivity index (χ2v) is 6.93. The quantitative estimate of drug-likeness (QED) is 0.897. The van der Waals surface area contributed by atoms with Gasteiger partial charge in [0.1, 0.15) is 5.60 Å². The number of aliphatic hydroxyl groups is 1. The van der Waals surface area contributed by atoms with Crippen LogP contribution in [-0.2, 0) is 11.3 Å². The Balaban J connectivity index is 1.85. The normalized spacial score (nSPS) is 22.0. The number of amides is 1. The lowest BCUT2D eigenvalue weighted by molar-refractivity contribution is 0.0270. The number of nitrogens with zero attached hydrogens (tertiary/aromatic N) is 1. The van der Waals surface area contributed by atoms with Crippen LogP contribution in [0.15, 0.2) is 24.3 Å². The first-order valence-electron chi connectivity index (χ1n) is 7.69. The van der Waals surface area contributed by atoms with Crippen LogP contribution >= 0.6 is 0 Å². The van der Waals surface area contributed by atoms with E-state index in [0.29, 0.717) is 19.6 Å². The van der Waals surface area contributed by atoms with Crippen LogP contribution in [0.4, 0.5) is 4.79 Å². The summed E-state index contributed by atoms with van der Waals surface area (Å²) >= 11 is 0. The molecule has 1 saturated heterocycles. The highest BCUT2D eigenvalue weighted by molar-refractivity contribution is 5.68. The molecule has 1 aliphatic heterocycles. The molecule has 5 nitrogen and oxygen atoms in total. The summed E-state index contributed by atoms with van der Waals surface area (Å²) in [5.41, 5.74) is 1.87. The first-order valence-corrected chi connectivity index (χ1v) is 7.69. The minimum absolute atomic E-state index is 0.131. The minimum atomic E-state index is -0.571. The summed E-state index contributed by atoms with van der Waals surface area (Å²) in [5, 5.41) is 13.4. The summed E-state index contributed by atoms with van der Waals surface area (Å²) in [5.74, 6) is 0. The Labute approximate surface area is 132 Å². The van der Waals surface area contributed by atoms with Gasteiger partial charge >= 0.3 is 6.09 Å². The van der Waals surface area contributed by atoms with E-state index in [9.17, 15) is 9.90 Å². The van der Waals surface area contributed by atoms with Crippen molar-refractivity contribution in [1.29, 1.82) is 0 Å². The van der Waals surface area contributed by atoms with Gasteiger partial charge < -0.3 is 20.1 Å². The van der Waals surface area contributed by atoms with E-state index >= 15 is 0 Å². The molecule has 0 spiro atoms. The molecule has 2 rings (SSSR count). The van der Waals surface area contributed by atoms with Crippen molar-refractivity contribution in [1.82, 2.24) is 10.2 Å². The van der Waals surface area contributed by atoms with Crippen molar-refractivity contribution in [3.8, 4) is 0 Å². The van der Waals surface area contributed by atoms with E-state index in [1.807, 2.05) is 20.8 Å². The average molecular weight is 306 g/mol. The minimum Gasteiger partial charge on any atom is -0.444 e. The standard InChI is InChI=1S/C17H26N2O3/c1-12-5-7-13(8-6-12)9-18-14-10-19(11-15(14)20)16(21)22-17(2,3)4/h5-8,14-15,18,20H,9-11H2,1-4H3/t14-,15-/m1/s1. The SMILES string of the molecule is Cc1ccc(CN[C@@H]2CN(C(=O)OC(C)(C)C)C[C@H]2O)cc1. The lowest BCUT2D eigenvalue weighted by Gasteiger charge is -2.24. The number of aliphatic hydroxyl groups excluding tert-OH is 1. The Hall–Kier alpha value is -1.59. The van der Waals surface area contributed by atoms with Gasteiger partial charge in [-0.3, -0.25) is 0 Å². The monoisotopic (exact) mass is 306 g/mol. The molecule has 1 amide bonds. The zero-order valence-corrected chi connectivity index (χ0v) is 13.8. The number of nitrogens with one attached hydrogen (secondary N) is 1. The van der Waals surface area contributed by atoms with E-state index in [0.717, 1.165) is 5.56 Å². The fourth-order valence-electron chi connectivity index (χ4n) is 2.42. The summed E-state index contributed by atoms with van der Waals surface area (Å²) in [4.78, 5) is 13.6. The molecular weight excluding hydrogens is 280 g/mol. The molecule has 122 valence electrons. The highest BCUT2D eigenvalue weighted by atomic mass is 16.6. The third-order valence-electron chi connectivity index (χ3n) is 3.63. The van der Waals surface area contributed by atoms with Gasteiger partial charge in [0.05, 0.1) is 18.7 Å². The molecule has 2 N–H and O–H groups in total. The van der Waals surface area contributed by atoms with Crippen molar-refractivity contribution in [2.45, 2.75) is 52.0 Å². The van der Waals surface area contributed by atoms with Crippen LogP contribution in [-0.4, -0.2) is 46.9 Å². The maximum Gasteiger partial charge on any atom is 0.410 e. The van der Waals surface area contributed by atoms with Gasteiger partial charge in [-0.1, -0.05) is 29.8 Å². The Bertz CT molecular complexity index is 508. The van der Waals surface area contributed by atoms with Gasteiger partial charge in [0.15, 0.2) is 0 Å². The molecule has 0 aliphatic carbocycles. The number of aryl methyl sites for hydroxylation is 1. The van der Waals surface area contributed by atoms with Gasteiger partial charge in [0.25, 0.3) is 0 Å². The molecule has 1 fully saturated rings. The number of hydrogen-bond donors (Lipinski definition) is 2. The van der Waals surface area contributed by atoms with Crippen LogP contribution in [0.2, 0.25) is 0 Å². The molecule has 1 heterocycles. The summed E-state index contributed by atoms with van der Waals surface area (Å²) in [6.45, 7) is 9.00. The van der Waals surface area contributed by atoms with Gasteiger partial charge in [-0.2, -0.15) is 0 Å². The van der Waals surface area contributed by atoms with E-state index < -0.39 is 11.7 Å². The Morgan fingerprint density at radius 3 is 2.55 bits per heavy atom. The molecule has 0 unspecified atom stereocenters. The summed E-state index contributed by atoms with van der Waals surface area (Å²) in [6.07, 6.45) is -0.941. The maximum atomic E-state index is 12.0. The zero-order valence-electron chi connectivity index (χ0n) is 13.8. The highest BCUT2D eigenvalue weighted by Gasteiger charge is 2.35. The second kappa shape index (κ2) is 6.67. The molecular formula is C17H26N2O3. The van der Waals surface area contributed by atoms with Gasteiger partial charge in [-0.05, 0) is 33.3 Å². The molecule has 0 saturated carbocycles. The fourth-order valence-corrected chi connectivity index (χ4v) is 2.42. The number of likely N-dealkylation sites (tertiary alicyclic amines) is 1. The average Bonchev–Trinajstić information content (AvgIpc) is 2.78. The molecule has 2 atom stereocenters. The highest BCUT2D eigenvalue weighted by Crippen LogP contribution is 2.16. The number of β-amino-alcohol motifs (C(OH)–C–C–N with tert-alkyl or cyclic N) is 1. The van der Waals surface area contributed by atoms with Gasteiger partial charge in [0.2, 0.25) is 0 Å². The number of rotatable bonds is 3. The van der Waals surface area contributed by atoms with E-state index in [1.165, 1.54) is 5.56 Å². The predicted octanol–water partition coefficient (Wildman–Crippen LogP) is 2.06. The number of carbonyl (C=O) groups is 1. The molecule has 1 aromatic rings. The summed E-state index contributed by atoms with van der Waals surface area (Å²) < 4.78 is 5.34. The molecule has 5 heteroatoms. The smallest absolute Gasteiger partial charge is 0.410 e. The Morgan fingerprint density at radius 2 is 1.95 bits per heavy atom. The lowest BCUT2D eigenvalue weighted by atomic mass is 10.1. The number of ether oxygens (including phenoxy) is 1. The molecule has 0 bridgehead atoms. The molecule has 22 heavy (non-hydrogen) atoms. The molecule has 1 aromatic carbocycles. The van der Waals surface area contributed by atoms with Gasteiger partial charge in [0, 0.05) is 13.1 Å². The van der Waals surface area contributed by atoms with Crippen LogP contribution in [0, 0.1) is 6.92 Å². The van der Waals surface area contributed by atoms with Crippen LogP contribution < -0.4 is 5.32 Å². The fraction of sp³-hybridized carbons (Fsp3) is 0.588. The van der Waals surface area contributed by atoms with E-state index in [2.05, 4.69) is 36.5 Å². The third-order valence-corrected chi connectivity index (χ3v) is 3.63. The largest absolute Gasteiger partial charge is 0.444 e. The van der Waals surface area contributed by atoms with E-state index in [-0.39, 0.29) is 12.1 Å². The van der Waals surface area contributed by atoms with Crippen molar-refractivity contribution < 1.29 is 14.6 Å². The number of carbonyl (C=O) groups excluding carboxylic acids is 1. The third kappa shape index (κ3) is 4.71. The van der Waals surface area contributed by atoms with Crippen molar-refractivity contribution >= 4 is 6.09 Å². The summed E-state index contributed by atoms with van der Waals surface area (Å²) in [7, 11) is 0. The predicted molar refractivity (Wildman–Crippen MR) is 85.6 cm³/mol. The van der Waals surface area contributed by atoms with Gasteiger partial charge in [-0.25, -0.2) is 4.79 Å². The zero-order chi connectivity index (χ0) is 16.3. The van der Waals surface area contributed by atoms with Crippen molar-refractivity contribution in [2.24, 2.45) is 0 Å². The Morgan fingerprint density at radius 1 is 1.32 bits per heavy atom. The number of hydrogen-bond acceptors (Lipinski definition) is 4. The Kier molecular flexibility index (Phi) is 5.08. The summed E-state index contributed by atoms with van der Waals surface area (Å²) in [6, 6.07) is 8.13. The van der Waals surface area contributed by atoms with Crippen LogP contribution in [0.25, 0.3) is 0 Å². The van der Waals surface area contributed by atoms with Crippen LogP contribution in [0.3, 0.4) is 0 Å². The molecule has 0 aromatic heterocycles. The first kappa shape index (κ1) is 16.8. The van der Waals surface area contributed by atoms with Crippen molar-refractivity contribution in [2.75, 3.05) is 13.1 Å². The maximum absolute atomic E-state index is 12.0. The molecule has 0 radical (unpaired) electrons. The van der Waals surface area contributed by atoms with Crippen LogP contribution in [0.5, 0.6) is 0 Å². The lowest BCUT2D eigenvalue weighted by Crippen LogP contribution is -2.39. The van der Waals surface area contributed by atoms with Gasteiger partial charge in [-0.15, -0.1) is 0 Å². The molecule has 1 aliphatic rings. The topological polar surface area (TPSA) is 61.8 Å². The number of benzene rings is 1. The van der Waals surface area contributed by atoms with E-state index in [1.54, 1.807) is 4.90 Å². The van der Waals surface area contributed by atoms with E-state index in [4.69, 9.17) is 4.74 Å². The van der Waals surface area contributed by atoms with Crippen molar-refractivity contribution in [3.05, 3.63) is 35.4 Å². The van der Waals surface area contributed by atoms with Crippen LogP contribution in [0.1, 0.15) is 31.9 Å².